The number of methoxy groups -OCH3 is 1. The van der Waals surface area contributed by atoms with Crippen LogP contribution < -0.4 is 20.7 Å². The molecule has 0 aliphatic carbocycles. The third-order valence-electron chi connectivity index (χ3n) is 4.04. The summed E-state index contributed by atoms with van der Waals surface area (Å²) in [5.74, 6) is 1.28. The van der Waals surface area contributed by atoms with Crippen LogP contribution in [0.15, 0.2) is 59.6 Å². The number of amides is 1. The lowest BCUT2D eigenvalue weighted by atomic mass is 10.1. The van der Waals surface area contributed by atoms with Gasteiger partial charge in [-0.05, 0) is 36.6 Å². The maximum absolute atomic E-state index is 12.1. The second kappa shape index (κ2) is 13.8. The monoisotopic (exact) mass is 496 g/mol. The Hall–Kier alpha value is -2.29. The minimum atomic E-state index is -0.124. The average molecular weight is 496 g/mol. The number of carbonyl (C=O) groups excluding carboxylic acids is 1. The molecule has 152 valence electrons. The standard InChI is InChI=1S/C21H28N4O2.HI/c1-22-21(24-13-7-10-17-8-4-3-5-9-17)25-15-14-23-20(26)18-11-6-12-19(16-18)27-2;/h3-6,8-9,11-12,16H,7,10,13-15H2,1-2H3,(H,23,26)(H2,22,24,25);1H. The molecule has 2 aromatic rings. The number of carbonyl (C=O) groups is 1. The molecule has 0 saturated heterocycles. The molecule has 0 aromatic heterocycles. The van der Waals surface area contributed by atoms with E-state index in [0.717, 1.165) is 25.3 Å². The van der Waals surface area contributed by atoms with E-state index in [1.807, 2.05) is 12.1 Å². The number of nitrogens with zero attached hydrogens (tertiary/aromatic N) is 1. The van der Waals surface area contributed by atoms with Crippen molar-refractivity contribution in [1.29, 1.82) is 0 Å². The average Bonchev–Trinajstić information content (AvgIpc) is 2.73. The Labute approximate surface area is 184 Å². The number of hydrogen-bond donors (Lipinski definition) is 3. The molecule has 2 aromatic carbocycles. The molecule has 0 unspecified atom stereocenters. The van der Waals surface area contributed by atoms with Crippen molar-refractivity contribution in [3.8, 4) is 5.75 Å². The van der Waals surface area contributed by atoms with Crippen LogP contribution >= 0.6 is 24.0 Å². The van der Waals surface area contributed by atoms with Gasteiger partial charge in [-0.1, -0.05) is 36.4 Å². The lowest BCUT2D eigenvalue weighted by molar-refractivity contribution is 0.0954. The quantitative estimate of drug-likeness (QED) is 0.216. The van der Waals surface area contributed by atoms with Crippen LogP contribution in [0.3, 0.4) is 0 Å². The number of guanidine groups is 1. The molecular weight excluding hydrogens is 467 g/mol. The van der Waals surface area contributed by atoms with Crippen molar-refractivity contribution in [2.75, 3.05) is 33.8 Å². The SMILES string of the molecule is CN=C(NCCCc1ccccc1)NCCNC(=O)c1cccc(OC)c1.I. The van der Waals surface area contributed by atoms with Crippen molar-refractivity contribution in [3.63, 3.8) is 0 Å². The molecule has 0 heterocycles. The molecule has 3 N–H and O–H groups in total. The summed E-state index contributed by atoms with van der Waals surface area (Å²) in [7, 11) is 3.32. The van der Waals surface area contributed by atoms with Crippen molar-refractivity contribution in [2.45, 2.75) is 12.8 Å². The second-order valence-electron chi connectivity index (χ2n) is 6.00. The number of benzene rings is 2. The van der Waals surface area contributed by atoms with Crippen LogP contribution in [0.4, 0.5) is 0 Å². The van der Waals surface area contributed by atoms with E-state index >= 15 is 0 Å². The van der Waals surface area contributed by atoms with Crippen molar-refractivity contribution >= 4 is 35.8 Å². The van der Waals surface area contributed by atoms with Crippen molar-refractivity contribution < 1.29 is 9.53 Å². The number of aliphatic imine (C=N–C) groups is 1. The molecule has 0 fully saturated rings. The van der Waals surface area contributed by atoms with Gasteiger partial charge in [-0.3, -0.25) is 9.79 Å². The van der Waals surface area contributed by atoms with E-state index in [-0.39, 0.29) is 29.9 Å². The van der Waals surface area contributed by atoms with Gasteiger partial charge in [-0.2, -0.15) is 0 Å². The van der Waals surface area contributed by atoms with Gasteiger partial charge in [0.2, 0.25) is 0 Å². The molecule has 1 amide bonds. The van der Waals surface area contributed by atoms with Gasteiger partial charge in [-0.25, -0.2) is 0 Å². The zero-order chi connectivity index (χ0) is 19.3. The maximum Gasteiger partial charge on any atom is 0.251 e. The predicted octanol–water partition coefficient (Wildman–Crippen LogP) is 2.84. The number of nitrogens with one attached hydrogen (secondary N) is 3. The van der Waals surface area contributed by atoms with E-state index in [9.17, 15) is 4.79 Å². The van der Waals surface area contributed by atoms with Crippen molar-refractivity contribution in [1.82, 2.24) is 16.0 Å². The summed E-state index contributed by atoms with van der Waals surface area (Å²) in [5, 5.41) is 9.36. The third-order valence-corrected chi connectivity index (χ3v) is 4.04. The van der Waals surface area contributed by atoms with E-state index in [0.29, 0.717) is 24.4 Å². The second-order valence-corrected chi connectivity index (χ2v) is 6.00. The van der Waals surface area contributed by atoms with E-state index < -0.39 is 0 Å². The number of rotatable bonds is 9. The molecule has 7 heteroatoms. The molecule has 0 aliphatic heterocycles. The predicted molar refractivity (Wildman–Crippen MR) is 125 cm³/mol. The topological polar surface area (TPSA) is 74.8 Å². The van der Waals surface area contributed by atoms with Gasteiger partial charge >= 0.3 is 0 Å². The lowest BCUT2D eigenvalue weighted by Gasteiger charge is -2.12. The van der Waals surface area contributed by atoms with Crippen LogP contribution in [0.1, 0.15) is 22.3 Å². The fourth-order valence-corrected chi connectivity index (χ4v) is 2.59. The highest BCUT2D eigenvalue weighted by Crippen LogP contribution is 2.12. The zero-order valence-electron chi connectivity index (χ0n) is 16.4. The van der Waals surface area contributed by atoms with Crippen LogP contribution in [0, 0.1) is 0 Å². The molecule has 2 rings (SSSR count). The zero-order valence-corrected chi connectivity index (χ0v) is 18.7. The first-order valence-electron chi connectivity index (χ1n) is 9.13. The smallest absolute Gasteiger partial charge is 0.251 e. The normalized spacial score (nSPS) is 10.6. The minimum absolute atomic E-state index is 0. The lowest BCUT2D eigenvalue weighted by Crippen LogP contribution is -2.41. The van der Waals surface area contributed by atoms with Crippen LogP contribution in [-0.2, 0) is 6.42 Å². The molecular formula is C21H29IN4O2. The van der Waals surface area contributed by atoms with Gasteiger partial charge in [0.05, 0.1) is 7.11 Å². The maximum atomic E-state index is 12.1. The van der Waals surface area contributed by atoms with Gasteiger partial charge in [0, 0.05) is 32.2 Å². The highest BCUT2D eigenvalue weighted by Gasteiger charge is 2.06. The van der Waals surface area contributed by atoms with Crippen LogP contribution in [0.5, 0.6) is 5.75 Å². The van der Waals surface area contributed by atoms with Crippen LogP contribution in [0.2, 0.25) is 0 Å². The fraction of sp³-hybridized carbons (Fsp3) is 0.333. The first-order valence-corrected chi connectivity index (χ1v) is 9.13. The van der Waals surface area contributed by atoms with Crippen LogP contribution in [0.25, 0.3) is 0 Å². The summed E-state index contributed by atoms with van der Waals surface area (Å²) in [6.07, 6.45) is 2.05. The third kappa shape index (κ3) is 8.60. The van der Waals surface area contributed by atoms with Crippen LogP contribution in [-0.4, -0.2) is 45.7 Å². The Kier molecular flexibility index (Phi) is 11.7. The first-order chi connectivity index (χ1) is 13.2. The minimum Gasteiger partial charge on any atom is -0.497 e. The van der Waals surface area contributed by atoms with E-state index in [1.165, 1.54) is 5.56 Å². The molecule has 0 aliphatic rings. The summed E-state index contributed by atoms with van der Waals surface area (Å²) < 4.78 is 5.14. The fourth-order valence-electron chi connectivity index (χ4n) is 2.59. The van der Waals surface area contributed by atoms with E-state index in [2.05, 4.69) is 45.2 Å². The summed E-state index contributed by atoms with van der Waals surface area (Å²) in [6, 6.07) is 17.5. The van der Waals surface area contributed by atoms with E-state index in [1.54, 1.807) is 32.4 Å². The molecule has 0 radical (unpaired) electrons. The number of hydrogen-bond acceptors (Lipinski definition) is 3. The Morgan fingerprint density at radius 1 is 0.964 bits per heavy atom. The highest BCUT2D eigenvalue weighted by atomic mass is 127. The van der Waals surface area contributed by atoms with Crippen molar-refractivity contribution in [3.05, 3.63) is 65.7 Å². The van der Waals surface area contributed by atoms with Gasteiger partial charge in [0.25, 0.3) is 5.91 Å². The first kappa shape index (κ1) is 23.7. The molecule has 6 nitrogen and oxygen atoms in total. The van der Waals surface area contributed by atoms with Gasteiger partial charge in [0.1, 0.15) is 5.75 Å². The molecule has 0 saturated carbocycles. The highest BCUT2D eigenvalue weighted by molar-refractivity contribution is 14.0. The van der Waals surface area contributed by atoms with Crippen molar-refractivity contribution in [2.24, 2.45) is 4.99 Å². The Balaban J connectivity index is 0.00000392. The summed E-state index contributed by atoms with van der Waals surface area (Å²) >= 11 is 0. The van der Waals surface area contributed by atoms with E-state index in [4.69, 9.17) is 4.74 Å². The molecule has 0 bridgehead atoms. The summed E-state index contributed by atoms with van der Waals surface area (Å²) in [6.45, 7) is 1.93. The summed E-state index contributed by atoms with van der Waals surface area (Å²) in [5.41, 5.74) is 1.92. The Morgan fingerprint density at radius 3 is 2.39 bits per heavy atom. The number of halogens is 1. The number of aryl methyl sites for hydroxylation is 1. The van der Waals surface area contributed by atoms with Gasteiger partial charge in [-0.15, -0.1) is 24.0 Å². The van der Waals surface area contributed by atoms with Gasteiger partial charge in [0.15, 0.2) is 5.96 Å². The Bertz CT molecular complexity index is 738. The molecule has 0 atom stereocenters. The number of ether oxygens (including phenoxy) is 1. The Morgan fingerprint density at radius 2 is 1.68 bits per heavy atom. The summed E-state index contributed by atoms with van der Waals surface area (Å²) in [4.78, 5) is 16.3. The van der Waals surface area contributed by atoms with Gasteiger partial charge < -0.3 is 20.7 Å². The largest absolute Gasteiger partial charge is 0.497 e. The molecule has 28 heavy (non-hydrogen) atoms. The molecule has 0 spiro atoms.